The summed E-state index contributed by atoms with van der Waals surface area (Å²) in [6, 6.07) is 16.1. The van der Waals surface area contributed by atoms with Gasteiger partial charge in [-0.3, -0.25) is 0 Å². The van der Waals surface area contributed by atoms with Crippen LogP contribution in [0.4, 0.5) is 0 Å². The van der Waals surface area contributed by atoms with Gasteiger partial charge in [-0.1, -0.05) is 40.1 Å². The predicted molar refractivity (Wildman–Crippen MR) is 109 cm³/mol. The van der Waals surface area contributed by atoms with E-state index in [0.717, 1.165) is 11.3 Å². The van der Waals surface area contributed by atoms with Gasteiger partial charge in [-0.2, -0.15) is 0 Å². The molecule has 0 atom stereocenters. The molecule has 0 bridgehead atoms. The first kappa shape index (κ1) is 19.7. The van der Waals surface area contributed by atoms with E-state index in [0.29, 0.717) is 33.5 Å². The van der Waals surface area contributed by atoms with Crippen LogP contribution in [0.1, 0.15) is 21.8 Å². The quantitative estimate of drug-likeness (QED) is 0.387. The summed E-state index contributed by atoms with van der Waals surface area (Å²) >= 11 is 6.23. The predicted octanol–water partition coefficient (Wildman–Crippen LogP) is 5.32. The van der Waals surface area contributed by atoms with E-state index in [1.807, 2.05) is 24.3 Å². The summed E-state index contributed by atoms with van der Waals surface area (Å²) in [7, 11) is 1.60. The van der Waals surface area contributed by atoms with Gasteiger partial charge in [-0.15, -0.1) is 0 Å². The molecule has 0 fully saturated rings. The molecule has 2 aromatic heterocycles. The molecule has 0 radical (unpaired) electrons. The van der Waals surface area contributed by atoms with Gasteiger partial charge in [0.15, 0.2) is 5.76 Å². The highest BCUT2D eigenvalue weighted by atomic mass is 35.5. The molecule has 4 rings (SSSR count). The van der Waals surface area contributed by atoms with Gasteiger partial charge in [0.25, 0.3) is 0 Å². The molecule has 2 aromatic carbocycles. The molecule has 152 valence electrons. The molecule has 0 N–H and O–H groups in total. The van der Waals surface area contributed by atoms with Crippen molar-refractivity contribution in [2.45, 2.75) is 13.5 Å². The highest BCUT2D eigenvalue weighted by Crippen LogP contribution is 2.31. The van der Waals surface area contributed by atoms with Crippen molar-refractivity contribution < 1.29 is 23.3 Å². The van der Waals surface area contributed by atoms with Gasteiger partial charge >= 0.3 is 5.97 Å². The number of esters is 1. The lowest BCUT2D eigenvalue weighted by molar-refractivity contribution is 0.0463. The Morgan fingerprint density at radius 3 is 2.57 bits per heavy atom. The molecule has 0 unspecified atom stereocenters. The van der Waals surface area contributed by atoms with Crippen molar-refractivity contribution in [1.82, 2.24) is 10.3 Å². The monoisotopic (exact) mass is 424 g/mol. The van der Waals surface area contributed by atoms with Gasteiger partial charge in [0.05, 0.1) is 12.1 Å². The Labute approximate surface area is 177 Å². The second kappa shape index (κ2) is 8.42. The molecule has 0 saturated heterocycles. The fourth-order valence-electron chi connectivity index (χ4n) is 2.93. The van der Waals surface area contributed by atoms with Crippen molar-refractivity contribution >= 4 is 17.6 Å². The topological polar surface area (TPSA) is 87.6 Å². The highest BCUT2D eigenvalue weighted by molar-refractivity contribution is 6.33. The fourth-order valence-corrected chi connectivity index (χ4v) is 3.16. The third-order valence-corrected chi connectivity index (χ3v) is 4.81. The summed E-state index contributed by atoms with van der Waals surface area (Å²) in [5, 5.41) is 8.40. The number of ether oxygens (including phenoxy) is 2. The number of carbonyl (C=O) groups is 1. The van der Waals surface area contributed by atoms with Gasteiger partial charge in [0, 0.05) is 17.2 Å². The molecule has 0 spiro atoms. The minimum Gasteiger partial charge on any atom is -0.497 e. The molecule has 0 saturated carbocycles. The Bertz CT molecular complexity index is 1180. The molecular weight excluding hydrogens is 408 g/mol. The maximum atomic E-state index is 12.7. The van der Waals surface area contributed by atoms with E-state index in [2.05, 4.69) is 10.3 Å². The number of hydrogen-bond donors (Lipinski definition) is 0. The number of nitrogens with zero attached hydrogens (tertiary/aromatic N) is 2. The van der Waals surface area contributed by atoms with Crippen LogP contribution in [0.3, 0.4) is 0 Å². The Hall–Kier alpha value is -3.58. The summed E-state index contributed by atoms with van der Waals surface area (Å²) in [6.07, 6.45) is 0. The Morgan fingerprint density at radius 2 is 1.83 bits per heavy atom. The SMILES string of the molecule is COc1ccc(-c2cc(COC(=O)c3c(-c4ccccc4Cl)noc3C)no2)cc1. The van der Waals surface area contributed by atoms with E-state index in [1.165, 1.54) is 0 Å². The maximum absolute atomic E-state index is 12.7. The van der Waals surface area contributed by atoms with Gasteiger partial charge in [-0.25, -0.2) is 4.79 Å². The highest BCUT2D eigenvalue weighted by Gasteiger charge is 2.24. The van der Waals surface area contributed by atoms with Crippen molar-refractivity contribution in [1.29, 1.82) is 0 Å². The summed E-state index contributed by atoms with van der Waals surface area (Å²) < 4.78 is 21.1. The van der Waals surface area contributed by atoms with Crippen LogP contribution in [0.2, 0.25) is 5.02 Å². The summed E-state index contributed by atoms with van der Waals surface area (Å²) in [6.45, 7) is 1.58. The first-order chi connectivity index (χ1) is 14.6. The lowest BCUT2D eigenvalue weighted by Gasteiger charge is -2.04. The van der Waals surface area contributed by atoms with Gasteiger partial charge in [0.1, 0.15) is 35.1 Å². The number of hydrogen-bond acceptors (Lipinski definition) is 7. The normalized spacial score (nSPS) is 10.8. The van der Waals surface area contributed by atoms with Gasteiger partial charge in [-0.05, 0) is 37.3 Å². The first-order valence-electron chi connectivity index (χ1n) is 9.05. The second-order valence-electron chi connectivity index (χ2n) is 6.43. The van der Waals surface area contributed by atoms with Crippen LogP contribution in [0, 0.1) is 6.92 Å². The first-order valence-corrected chi connectivity index (χ1v) is 9.43. The summed E-state index contributed by atoms with van der Waals surface area (Å²) in [5.74, 6) is 1.05. The number of halogens is 1. The third kappa shape index (κ3) is 3.92. The molecular formula is C22H17ClN2O5. The Morgan fingerprint density at radius 1 is 1.07 bits per heavy atom. The van der Waals surface area contributed by atoms with Crippen LogP contribution in [-0.2, 0) is 11.3 Å². The zero-order chi connectivity index (χ0) is 21.1. The third-order valence-electron chi connectivity index (χ3n) is 4.48. The van der Waals surface area contributed by atoms with Gasteiger partial charge in [0.2, 0.25) is 0 Å². The number of aromatic nitrogens is 2. The summed E-state index contributed by atoms with van der Waals surface area (Å²) in [4.78, 5) is 12.7. The van der Waals surface area contributed by atoms with E-state index in [1.54, 1.807) is 44.4 Å². The standard InChI is InChI=1S/C22H17ClN2O5/c1-13-20(21(25-29-13)17-5-3-4-6-18(17)23)22(26)28-12-15-11-19(30-24-15)14-7-9-16(27-2)10-8-14/h3-11H,12H2,1-2H3. The molecule has 8 heteroatoms. The number of methoxy groups -OCH3 is 1. The van der Waals surface area contributed by atoms with Crippen molar-refractivity contribution in [3.8, 4) is 28.3 Å². The van der Waals surface area contributed by atoms with E-state index < -0.39 is 5.97 Å². The minimum absolute atomic E-state index is 0.0644. The van der Waals surface area contributed by atoms with Crippen LogP contribution in [0.5, 0.6) is 5.75 Å². The van der Waals surface area contributed by atoms with E-state index in [4.69, 9.17) is 30.1 Å². The van der Waals surface area contributed by atoms with Crippen LogP contribution < -0.4 is 4.74 Å². The zero-order valence-corrected chi connectivity index (χ0v) is 17.0. The van der Waals surface area contributed by atoms with Crippen molar-refractivity contribution in [2.24, 2.45) is 0 Å². The molecule has 0 aliphatic heterocycles. The van der Waals surface area contributed by atoms with Crippen LogP contribution in [-0.4, -0.2) is 23.4 Å². The smallest absolute Gasteiger partial charge is 0.344 e. The summed E-state index contributed by atoms with van der Waals surface area (Å²) in [5.41, 5.74) is 2.45. The largest absolute Gasteiger partial charge is 0.497 e. The lowest BCUT2D eigenvalue weighted by Crippen LogP contribution is -2.07. The van der Waals surface area contributed by atoms with E-state index in [-0.39, 0.29) is 12.2 Å². The molecule has 2 heterocycles. The molecule has 30 heavy (non-hydrogen) atoms. The number of carbonyl (C=O) groups excluding carboxylic acids is 1. The number of aryl methyl sites for hydroxylation is 1. The van der Waals surface area contributed by atoms with Crippen molar-refractivity contribution in [3.63, 3.8) is 0 Å². The number of benzene rings is 2. The van der Waals surface area contributed by atoms with E-state index in [9.17, 15) is 4.79 Å². The molecule has 0 amide bonds. The van der Waals surface area contributed by atoms with Crippen LogP contribution >= 0.6 is 11.6 Å². The van der Waals surface area contributed by atoms with Crippen molar-refractivity contribution in [2.75, 3.05) is 7.11 Å². The zero-order valence-electron chi connectivity index (χ0n) is 16.2. The molecule has 4 aromatic rings. The lowest BCUT2D eigenvalue weighted by atomic mass is 10.1. The van der Waals surface area contributed by atoms with E-state index >= 15 is 0 Å². The maximum Gasteiger partial charge on any atom is 0.344 e. The average molecular weight is 425 g/mol. The van der Waals surface area contributed by atoms with Crippen LogP contribution in [0.15, 0.2) is 63.6 Å². The number of rotatable bonds is 6. The minimum atomic E-state index is -0.585. The molecule has 0 aliphatic carbocycles. The van der Waals surface area contributed by atoms with Crippen LogP contribution in [0.25, 0.3) is 22.6 Å². The molecule has 7 nitrogen and oxygen atoms in total. The second-order valence-corrected chi connectivity index (χ2v) is 6.84. The van der Waals surface area contributed by atoms with Crippen molar-refractivity contribution in [3.05, 3.63) is 76.6 Å². The average Bonchev–Trinajstić information content (AvgIpc) is 3.39. The van der Waals surface area contributed by atoms with Gasteiger partial charge < -0.3 is 18.5 Å². The Kier molecular flexibility index (Phi) is 5.54. The Balaban J connectivity index is 1.49. The molecule has 0 aliphatic rings. The fraction of sp³-hybridized carbons (Fsp3) is 0.136.